The molecule has 0 radical (unpaired) electrons. The van der Waals surface area contributed by atoms with E-state index in [0.717, 1.165) is 11.1 Å². The first-order chi connectivity index (χ1) is 11.6. The van der Waals surface area contributed by atoms with Gasteiger partial charge in [-0.1, -0.05) is 41.9 Å². The van der Waals surface area contributed by atoms with Crippen LogP contribution in [-0.4, -0.2) is 30.2 Å². The number of ether oxygens (including phenoxy) is 2. The second-order valence-electron chi connectivity index (χ2n) is 5.15. The van der Waals surface area contributed by atoms with Crippen molar-refractivity contribution in [2.75, 3.05) is 13.8 Å². The van der Waals surface area contributed by atoms with Gasteiger partial charge in [0.05, 0.1) is 11.2 Å². The molecule has 0 fully saturated rings. The van der Waals surface area contributed by atoms with Gasteiger partial charge in [0.1, 0.15) is 0 Å². The largest absolute Gasteiger partial charge is 0.454 e. The molecule has 124 valence electrons. The molecule has 1 heterocycles. The fraction of sp³-hybridized carbons (Fsp3) is 0.176. The third-order valence-corrected chi connectivity index (χ3v) is 4.10. The van der Waals surface area contributed by atoms with E-state index >= 15 is 0 Å². The lowest BCUT2D eigenvalue weighted by molar-refractivity contribution is 0.174. The van der Waals surface area contributed by atoms with Crippen LogP contribution >= 0.6 is 23.8 Å². The van der Waals surface area contributed by atoms with Crippen molar-refractivity contribution >= 4 is 35.1 Å². The number of nitrogens with one attached hydrogen (secondary N) is 1. The molecular weight excluding hydrogens is 346 g/mol. The van der Waals surface area contributed by atoms with Crippen molar-refractivity contribution in [3.05, 3.63) is 58.6 Å². The Morgan fingerprint density at radius 3 is 2.92 bits per heavy atom. The van der Waals surface area contributed by atoms with Crippen LogP contribution in [0.1, 0.15) is 11.1 Å². The first-order valence-corrected chi connectivity index (χ1v) is 8.11. The Bertz CT molecular complexity index is 768. The topological polar surface area (TPSA) is 46.1 Å². The number of hydrogen-bond acceptors (Lipinski definition) is 4. The number of hydrazone groups is 1. The molecule has 0 bridgehead atoms. The summed E-state index contributed by atoms with van der Waals surface area (Å²) in [6, 6.07) is 13.6. The minimum atomic E-state index is 0.184. The Balaban J connectivity index is 1.59. The van der Waals surface area contributed by atoms with Gasteiger partial charge in [-0.3, -0.25) is 0 Å². The summed E-state index contributed by atoms with van der Waals surface area (Å²) in [4.78, 5) is 0. The Hall–Kier alpha value is -2.31. The lowest BCUT2D eigenvalue weighted by Gasteiger charge is -2.15. The van der Waals surface area contributed by atoms with Crippen LogP contribution in [0.3, 0.4) is 0 Å². The quantitative estimate of drug-likeness (QED) is 0.513. The standard InChI is InChI=1S/C17H16ClN3O2S/c1-21(17(24)19-9-12-5-3-2-4-6-12)20-10-13-7-14(18)16-15(8-13)22-11-23-16/h2-8,10H,9,11H2,1H3,(H,19,24)/b20-10-. The van der Waals surface area contributed by atoms with Gasteiger partial charge in [-0.25, -0.2) is 5.01 Å². The number of benzene rings is 2. The van der Waals surface area contributed by atoms with E-state index in [1.54, 1.807) is 24.3 Å². The Morgan fingerprint density at radius 1 is 1.33 bits per heavy atom. The average molecular weight is 362 g/mol. The zero-order chi connectivity index (χ0) is 16.9. The number of halogens is 1. The fourth-order valence-corrected chi connectivity index (χ4v) is 2.55. The van der Waals surface area contributed by atoms with Crippen molar-refractivity contribution in [2.24, 2.45) is 5.10 Å². The molecule has 1 aliphatic rings. The molecule has 0 aromatic heterocycles. The molecule has 0 amide bonds. The predicted octanol–water partition coefficient (Wildman–Crippen LogP) is 3.41. The number of hydrogen-bond donors (Lipinski definition) is 1. The Morgan fingerprint density at radius 2 is 2.12 bits per heavy atom. The summed E-state index contributed by atoms with van der Waals surface area (Å²) in [7, 11) is 1.78. The molecule has 5 nitrogen and oxygen atoms in total. The second kappa shape index (κ2) is 7.51. The lowest BCUT2D eigenvalue weighted by atomic mass is 10.2. The van der Waals surface area contributed by atoms with Gasteiger partial charge in [0.2, 0.25) is 6.79 Å². The highest BCUT2D eigenvalue weighted by molar-refractivity contribution is 7.80. The molecule has 2 aromatic carbocycles. The van der Waals surface area contributed by atoms with Crippen molar-refractivity contribution in [2.45, 2.75) is 6.54 Å². The van der Waals surface area contributed by atoms with E-state index in [9.17, 15) is 0 Å². The summed E-state index contributed by atoms with van der Waals surface area (Å²) in [6.45, 7) is 0.832. The molecule has 0 spiro atoms. The number of thiocarbonyl (C=S) groups is 1. The summed E-state index contributed by atoms with van der Waals surface area (Å²) in [5.41, 5.74) is 1.96. The maximum Gasteiger partial charge on any atom is 0.231 e. The molecule has 24 heavy (non-hydrogen) atoms. The highest BCUT2D eigenvalue weighted by Crippen LogP contribution is 2.39. The van der Waals surface area contributed by atoms with Crippen LogP contribution in [0.25, 0.3) is 0 Å². The molecule has 0 saturated carbocycles. The van der Waals surface area contributed by atoms with Crippen LogP contribution in [0.4, 0.5) is 0 Å². The molecule has 0 unspecified atom stereocenters. The van der Waals surface area contributed by atoms with Crippen molar-refractivity contribution in [3.8, 4) is 11.5 Å². The minimum Gasteiger partial charge on any atom is -0.454 e. The highest BCUT2D eigenvalue weighted by Gasteiger charge is 2.17. The fourth-order valence-electron chi connectivity index (χ4n) is 2.16. The number of nitrogens with zero attached hydrogens (tertiary/aromatic N) is 2. The van der Waals surface area contributed by atoms with E-state index in [1.807, 2.05) is 36.4 Å². The molecule has 1 aliphatic heterocycles. The molecular formula is C17H16ClN3O2S. The van der Waals surface area contributed by atoms with Crippen LogP contribution in [0, 0.1) is 0 Å². The monoisotopic (exact) mass is 361 g/mol. The molecule has 1 N–H and O–H groups in total. The van der Waals surface area contributed by atoms with E-state index in [0.29, 0.717) is 28.2 Å². The summed E-state index contributed by atoms with van der Waals surface area (Å²) in [5, 5.41) is 10.1. The van der Waals surface area contributed by atoms with E-state index in [4.69, 9.17) is 33.3 Å². The van der Waals surface area contributed by atoms with E-state index in [2.05, 4.69) is 10.4 Å². The Labute approximate surface area is 150 Å². The summed E-state index contributed by atoms with van der Waals surface area (Å²) in [5.74, 6) is 1.19. The lowest BCUT2D eigenvalue weighted by Crippen LogP contribution is -2.33. The first-order valence-electron chi connectivity index (χ1n) is 7.32. The van der Waals surface area contributed by atoms with Gasteiger partial charge < -0.3 is 14.8 Å². The third kappa shape index (κ3) is 3.96. The number of rotatable bonds is 4. The molecule has 0 saturated heterocycles. The van der Waals surface area contributed by atoms with Crippen LogP contribution in [0.2, 0.25) is 5.02 Å². The zero-order valence-corrected chi connectivity index (χ0v) is 14.6. The van der Waals surface area contributed by atoms with E-state index < -0.39 is 0 Å². The predicted molar refractivity (Wildman–Crippen MR) is 98.8 cm³/mol. The molecule has 0 atom stereocenters. The number of fused-ring (bicyclic) bond motifs is 1. The highest BCUT2D eigenvalue weighted by atomic mass is 35.5. The first kappa shape index (κ1) is 16.5. The minimum absolute atomic E-state index is 0.184. The van der Waals surface area contributed by atoms with Gasteiger partial charge in [-0.2, -0.15) is 5.10 Å². The molecule has 7 heteroatoms. The maximum atomic E-state index is 6.15. The molecule has 0 aliphatic carbocycles. The van der Waals surface area contributed by atoms with Gasteiger partial charge in [-0.15, -0.1) is 0 Å². The summed E-state index contributed by atoms with van der Waals surface area (Å²) in [6.07, 6.45) is 1.67. The third-order valence-electron chi connectivity index (χ3n) is 3.41. The van der Waals surface area contributed by atoms with Gasteiger partial charge in [0.15, 0.2) is 16.6 Å². The Kier molecular flexibility index (Phi) is 5.17. The van der Waals surface area contributed by atoms with Gasteiger partial charge >= 0.3 is 0 Å². The van der Waals surface area contributed by atoms with Gasteiger partial charge in [-0.05, 0) is 35.5 Å². The van der Waals surface area contributed by atoms with Crippen molar-refractivity contribution in [1.82, 2.24) is 10.3 Å². The normalized spacial score (nSPS) is 12.4. The van der Waals surface area contributed by atoms with Crippen molar-refractivity contribution < 1.29 is 9.47 Å². The summed E-state index contributed by atoms with van der Waals surface area (Å²) < 4.78 is 10.6. The molecule has 3 rings (SSSR count). The van der Waals surface area contributed by atoms with Crippen LogP contribution in [-0.2, 0) is 6.54 Å². The zero-order valence-electron chi connectivity index (χ0n) is 13.0. The van der Waals surface area contributed by atoms with Gasteiger partial charge in [0, 0.05) is 13.6 Å². The van der Waals surface area contributed by atoms with Crippen molar-refractivity contribution in [3.63, 3.8) is 0 Å². The maximum absolute atomic E-state index is 6.15. The molecule has 2 aromatic rings. The summed E-state index contributed by atoms with van der Waals surface area (Å²) >= 11 is 11.5. The van der Waals surface area contributed by atoms with Crippen molar-refractivity contribution in [1.29, 1.82) is 0 Å². The smallest absolute Gasteiger partial charge is 0.231 e. The van der Waals surface area contributed by atoms with E-state index in [-0.39, 0.29) is 6.79 Å². The average Bonchev–Trinajstić information content (AvgIpc) is 3.07. The second-order valence-corrected chi connectivity index (χ2v) is 5.94. The van der Waals surface area contributed by atoms with E-state index in [1.165, 1.54) is 0 Å². The SMILES string of the molecule is CN(/N=C\c1cc(Cl)c2c(c1)OCO2)C(=S)NCc1ccccc1. The van der Waals surface area contributed by atoms with Crippen LogP contribution in [0.15, 0.2) is 47.6 Å². The van der Waals surface area contributed by atoms with Crippen LogP contribution in [0.5, 0.6) is 11.5 Å². The van der Waals surface area contributed by atoms with Crippen LogP contribution < -0.4 is 14.8 Å². The van der Waals surface area contributed by atoms with Gasteiger partial charge in [0.25, 0.3) is 0 Å².